The molecule has 128 valence electrons. The summed E-state index contributed by atoms with van der Waals surface area (Å²) in [5.41, 5.74) is 2.83. The third-order valence-corrected chi connectivity index (χ3v) is 5.77. The van der Waals surface area contributed by atoms with Gasteiger partial charge in [0.25, 0.3) is 0 Å². The smallest absolute Gasteiger partial charge is 0.0243 e. The minimum Gasteiger partial charge on any atom is -0.313 e. The summed E-state index contributed by atoms with van der Waals surface area (Å²) < 4.78 is 0. The molecule has 1 aliphatic heterocycles. The van der Waals surface area contributed by atoms with Crippen LogP contribution in [0.4, 0.5) is 0 Å². The van der Waals surface area contributed by atoms with Gasteiger partial charge in [0.15, 0.2) is 0 Å². The Kier molecular flexibility index (Phi) is 3.95. The summed E-state index contributed by atoms with van der Waals surface area (Å²) in [4.78, 5) is 0. The molecule has 1 unspecified atom stereocenters. The molecule has 1 fully saturated rings. The standard InChI is InChI=1S/C25H23N/c1-3-8-20-16-22(13-11-18(20)6-1)25(24-10-5-15-26-24)23-14-12-19-7-2-4-9-21(19)17-23/h1-4,6-9,11-14,16-17,24-26H,5,10,15H2. The van der Waals surface area contributed by atoms with E-state index >= 15 is 0 Å². The first-order chi connectivity index (χ1) is 12.9. The van der Waals surface area contributed by atoms with Crippen molar-refractivity contribution in [2.24, 2.45) is 0 Å². The third kappa shape index (κ3) is 2.79. The molecule has 0 saturated carbocycles. The van der Waals surface area contributed by atoms with Crippen molar-refractivity contribution in [2.45, 2.75) is 24.8 Å². The molecule has 0 aliphatic carbocycles. The van der Waals surface area contributed by atoms with Crippen LogP contribution in [0.25, 0.3) is 21.5 Å². The SMILES string of the molecule is c1ccc2cc(C(c3ccc4ccccc4c3)C3CCCN3)ccc2c1. The summed E-state index contributed by atoms with van der Waals surface area (Å²) in [5, 5.41) is 9.03. The Morgan fingerprint density at radius 2 is 1.19 bits per heavy atom. The first kappa shape index (κ1) is 15.6. The third-order valence-electron chi connectivity index (χ3n) is 5.77. The van der Waals surface area contributed by atoms with E-state index in [1.165, 1.54) is 45.5 Å². The summed E-state index contributed by atoms with van der Waals surface area (Å²) in [6, 6.07) is 31.8. The number of hydrogen-bond acceptors (Lipinski definition) is 1. The average molecular weight is 337 g/mol. The molecule has 1 aliphatic rings. The number of benzene rings is 4. The predicted octanol–water partition coefficient (Wildman–Crippen LogP) is 5.88. The molecule has 26 heavy (non-hydrogen) atoms. The molecule has 1 N–H and O–H groups in total. The highest BCUT2D eigenvalue weighted by atomic mass is 14.9. The number of rotatable bonds is 3. The molecule has 0 amide bonds. The maximum Gasteiger partial charge on any atom is 0.0243 e. The van der Waals surface area contributed by atoms with Gasteiger partial charge in [-0.2, -0.15) is 0 Å². The fourth-order valence-electron chi connectivity index (χ4n) is 4.46. The number of fused-ring (bicyclic) bond motifs is 2. The van der Waals surface area contributed by atoms with Crippen LogP contribution in [-0.4, -0.2) is 12.6 Å². The molecule has 0 spiro atoms. The zero-order valence-electron chi connectivity index (χ0n) is 14.9. The van der Waals surface area contributed by atoms with Gasteiger partial charge in [-0.1, -0.05) is 84.9 Å². The van der Waals surface area contributed by atoms with Gasteiger partial charge in [-0.05, 0) is 52.1 Å². The minimum atomic E-state index is 0.395. The van der Waals surface area contributed by atoms with E-state index in [2.05, 4.69) is 90.2 Å². The largest absolute Gasteiger partial charge is 0.313 e. The summed E-state index contributed by atoms with van der Waals surface area (Å²) >= 11 is 0. The van der Waals surface area contributed by atoms with E-state index in [1.54, 1.807) is 0 Å². The van der Waals surface area contributed by atoms with E-state index < -0.39 is 0 Å². The monoisotopic (exact) mass is 337 g/mol. The maximum atomic E-state index is 3.75. The molecule has 0 aromatic heterocycles. The van der Waals surface area contributed by atoms with Crippen LogP contribution in [0, 0.1) is 0 Å². The van der Waals surface area contributed by atoms with Crippen molar-refractivity contribution in [2.75, 3.05) is 6.54 Å². The van der Waals surface area contributed by atoms with Crippen LogP contribution in [-0.2, 0) is 0 Å². The first-order valence-electron chi connectivity index (χ1n) is 9.59. The fraction of sp³-hybridized carbons (Fsp3) is 0.200. The molecular weight excluding hydrogens is 314 g/mol. The van der Waals surface area contributed by atoms with Crippen LogP contribution < -0.4 is 5.32 Å². The number of nitrogens with one attached hydrogen (secondary N) is 1. The maximum absolute atomic E-state index is 3.75. The van der Waals surface area contributed by atoms with Crippen molar-refractivity contribution in [1.82, 2.24) is 5.32 Å². The van der Waals surface area contributed by atoms with Crippen molar-refractivity contribution >= 4 is 21.5 Å². The van der Waals surface area contributed by atoms with Gasteiger partial charge in [0.2, 0.25) is 0 Å². The Hall–Kier alpha value is -2.64. The van der Waals surface area contributed by atoms with Crippen LogP contribution in [0.15, 0.2) is 84.9 Å². The highest BCUT2D eigenvalue weighted by Crippen LogP contribution is 2.35. The highest BCUT2D eigenvalue weighted by molar-refractivity contribution is 5.84. The summed E-state index contributed by atoms with van der Waals surface area (Å²) in [5.74, 6) is 0.395. The minimum absolute atomic E-state index is 0.395. The van der Waals surface area contributed by atoms with Gasteiger partial charge in [0, 0.05) is 12.0 Å². The molecule has 5 rings (SSSR count). The summed E-state index contributed by atoms with van der Waals surface area (Å²) in [7, 11) is 0. The van der Waals surface area contributed by atoms with E-state index in [-0.39, 0.29) is 0 Å². The van der Waals surface area contributed by atoms with Crippen LogP contribution >= 0.6 is 0 Å². The van der Waals surface area contributed by atoms with E-state index in [0.29, 0.717) is 12.0 Å². The van der Waals surface area contributed by atoms with Gasteiger partial charge in [-0.15, -0.1) is 0 Å². The molecule has 0 bridgehead atoms. The van der Waals surface area contributed by atoms with Crippen molar-refractivity contribution < 1.29 is 0 Å². The topological polar surface area (TPSA) is 12.0 Å². The van der Waals surface area contributed by atoms with E-state index in [0.717, 1.165) is 6.54 Å². The molecule has 1 atom stereocenters. The Bertz CT molecular complexity index is 980. The molecule has 1 heterocycles. The van der Waals surface area contributed by atoms with Gasteiger partial charge in [-0.25, -0.2) is 0 Å². The lowest BCUT2D eigenvalue weighted by molar-refractivity contribution is 0.541. The lowest BCUT2D eigenvalue weighted by Crippen LogP contribution is -2.29. The fourth-order valence-corrected chi connectivity index (χ4v) is 4.46. The van der Waals surface area contributed by atoms with Crippen LogP contribution in [0.1, 0.15) is 29.9 Å². The van der Waals surface area contributed by atoms with Gasteiger partial charge >= 0.3 is 0 Å². The second kappa shape index (κ2) is 6.59. The Labute approximate surface area is 154 Å². The van der Waals surface area contributed by atoms with Gasteiger partial charge < -0.3 is 5.32 Å². The Morgan fingerprint density at radius 3 is 1.69 bits per heavy atom. The highest BCUT2D eigenvalue weighted by Gasteiger charge is 2.27. The predicted molar refractivity (Wildman–Crippen MR) is 111 cm³/mol. The van der Waals surface area contributed by atoms with Crippen molar-refractivity contribution in [3.8, 4) is 0 Å². The zero-order valence-corrected chi connectivity index (χ0v) is 14.9. The van der Waals surface area contributed by atoms with Gasteiger partial charge in [0.1, 0.15) is 0 Å². The normalized spacial score (nSPS) is 17.3. The lowest BCUT2D eigenvalue weighted by Gasteiger charge is -2.26. The molecular formula is C25H23N. The second-order valence-corrected chi connectivity index (χ2v) is 7.39. The molecule has 4 aromatic carbocycles. The van der Waals surface area contributed by atoms with Crippen LogP contribution in [0.3, 0.4) is 0 Å². The quantitative estimate of drug-likeness (QED) is 0.492. The first-order valence-corrected chi connectivity index (χ1v) is 9.59. The summed E-state index contributed by atoms with van der Waals surface area (Å²) in [6.07, 6.45) is 2.51. The zero-order chi connectivity index (χ0) is 17.3. The van der Waals surface area contributed by atoms with Crippen LogP contribution in [0.2, 0.25) is 0 Å². The van der Waals surface area contributed by atoms with Gasteiger partial charge in [0.05, 0.1) is 0 Å². The Balaban J connectivity index is 1.65. The molecule has 4 aromatic rings. The summed E-state index contributed by atoms with van der Waals surface area (Å²) in [6.45, 7) is 1.13. The second-order valence-electron chi connectivity index (χ2n) is 7.39. The van der Waals surface area contributed by atoms with Crippen molar-refractivity contribution in [3.63, 3.8) is 0 Å². The molecule has 1 heteroatoms. The molecule has 1 nitrogen and oxygen atoms in total. The molecule has 0 radical (unpaired) electrons. The van der Waals surface area contributed by atoms with Crippen molar-refractivity contribution in [3.05, 3.63) is 96.1 Å². The van der Waals surface area contributed by atoms with Crippen molar-refractivity contribution in [1.29, 1.82) is 0 Å². The lowest BCUT2D eigenvalue weighted by atomic mass is 9.83. The van der Waals surface area contributed by atoms with Crippen LogP contribution in [0.5, 0.6) is 0 Å². The number of hydrogen-bond donors (Lipinski definition) is 1. The van der Waals surface area contributed by atoms with E-state index in [4.69, 9.17) is 0 Å². The van der Waals surface area contributed by atoms with E-state index in [1.807, 2.05) is 0 Å². The van der Waals surface area contributed by atoms with Gasteiger partial charge in [-0.3, -0.25) is 0 Å². The molecule has 1 saturated heterocycles. The van der Waals surface area contributed by atoms with E-state index in [9.17, 15) is 0 Å². The average Bonchev–Trinajstić information content (AvgIpc) is 3.22. The Morgan fingerprint density at radius 1 is 0.654 bits per heavy atom.